The number of morpholine rings is 1. The molecule has 3 atom stereocenters. The molecule has 4 rings (SSSR count). The molecule has 1 aliphatic rings. The molecule has 0 radical (unpaired) electrons. The molecular formula is C28H32N4O3. The van der Waals surface area contributed by atoms with E-state index in [2.05, 4.69) is 17.0 Å². The molecule has 1 fully saturated rings. The normalized spacial score (nSPS) is 17.5. The number of aliphatic imine (C=N–C) groups is 1. The summed E-state index contributed by atoms with van der Waals surface area (Å²) in [5, 5.41) is 3.44. The van der Waals surface area contributed by atoms with Crippen LogP contribution in [0.3, 0.4) is 0 Å². The molecule has 35 heavy (non-hydrogen) atoms. The maximum atomic E-state index is 13.7. The van der Waals surface area contributed by atoms with Gasteiger partial charge < -0.3 is 20.1 Å². The molecule has 0 saturated carbocycles. The number of nitrogens with zero attached hydrogens (tertiary/aromatic N) is 2. The summed E-state index contributed by atoms with van der Waals surface area (Å²) in [6, 6.07) is 25.4. The molecule has 182 valence electrons. The Hall–Kier alpha value is -3.36. The topological polar surface area (TPSA) is 89.2 Å². The van der Waals surface area contributed by atoms with Gasteiger partial charge in [-0.15, -0.1) is 0 Å². The van der Waals surface area contributed by atoms with Crippen LogP contribution in [0, 0.1) is 0 Å². The molecule has 0 spiro atoms. The molecule has 3 N–H and O–H groups in total. The lowest BCUT2D eigenvalue weighted by Gasteiger charge is -2.37. The van der Waals surface area contributed by atoms with Gasteiger partial charge in [-0.3, -0.25) is 15.1 Å². The Kier molecular flexibility index (Phi) is 8.39. The molecule has 1 aliphatic heterocycles. The number of carbonyl (C=O) groups excluding carboxylic acids is 1. The first kappa shape index (κ1) is 24.8. The van der Waals surface area contributed by atoms with Gasteiger partial charge in [0.15, 0.2) is 0 Å². The number of carbonyl (C=O) groups is 1. The van der Waals surface area contributed by atoms with Gasteiger partial charge in [-0.25, -0.2) is 0 Å². The maximum Gasteiger partial charge on any atom is 0.254 e. The predicted molar refractivity (Wildman–Crippen MR) is 138 cm³/mol. The van der Waals surface area contributed by atoms with Crippen molar-refractivity contribution >= 4 is 12.6 Å². The van der Waals surface area contributed by atoms with Gasteiger partial charge in [-0.05, 0) is 35.0 Å². The van der Waals surface area contributed by atoms with Crippen molar-refractivity contribution in [2.75, 3.05) is 33.4 Å². The number of nitrogens with two attached hydrogens (primary N) is 1. The second-order valence-corrected chi connectivity index (χ2v) is 8.46. The Morgan fingerprint density at radius 1 is 1.11 bits per heavy atom. The average Bonchev–Trinajstić information content (AvgIpc) is 2.93. The highest BCUT2D eigenvalue weighted by atomic mass is 16.5. The van der Waals surface area contributed by atoms with Crippen molar-refractivity contribution in [1.82, 2.24) is 10.2 Å². The Morgan fingerprint density at radius 3 is 2.51 bits per heavy atom. The quantitative estimate of drug-likeness (QED) is 0.365. The second kappa shape index (κ2) is 11.9. The van der Waals surface area contributed by atoms with Crippen LogP contribution < -0.4 is 11.1 Å². The monoisotopic (exact) mass is 472 g/mol. The minimum atomic E-state index is -0.448. The minimum Gasteiger partial charge on any atom is -0.377 e. The first-order valence-corrected chi connectivity index (χ1v) is 11.7. The van der Waals surface area contributed by atoms with Gasteiger partial charge in [0.2, 0.25) is 0 Å². The number of ether oxygens (including phenoxy) is 2. The average molecular weight is 473 g/mol. The molecule has 7 nitrogen and oxygen atoms in total. The third-order valence-corrected chi connectivity index (χ3v) is 6.28. The number of hydrogen-bond acceptors (Lipinski definition) is 6. The summed E-state index contributed by atoms with van der Waals surface area (Å²) in [4.78, 5) is 19.5. The number of methoxy groups -OCH3 is 1. The number of amides is 1. The fraction of sp³-hybridized carbons (Fsp3) is 0.286. The second-order valence-electron chi connectivity index (χ2n) is 8.46. The molecular weight excluding hydrogens is 440 g/mol. The van der Waals surface area contributed by atoms with Crippen LogP contribution in [-0.2, 0) is 9.47 Å². The van der Waals surface area contributed by atoms with E-state index >= 15 is 0 Å². The summed E-state index contributed by atoms with van der Waals surface area (Å²) < 4.78 is 11.4. The lowest BCUT2D eigenvalue weighted by molar-refractivity contribution is -0.00936. The molecule has 3 unspecified atom stereocenters. The maximum absolute atomic E-state index is 13.7. The van der Waals surface area contributed by atoms with Gasteiger partial charge in [0.25, 0.3) is 5.91 Å². The fourth-order valence-corrected chi connectivity index (χ4v) is 4.34. The van der Waals surface area contributed by atoms with Crippen LogP contribution in [0.1, 0.15) is 33.9 Å². The molecule has 1 heterocycles. The van der Waals surface area contributed by atoms with E-state index in [-0.39, 0.29) is 18.2 Å². The molecule has 0 aromatic heterocycles. The predicted octanol–water partition coefficient (Wildman–Crippen LogP) is 3.79. The van der Waals surface area contributed by atoms with Crippen molar-refractivity contribution in [3.8, 4) is 11.1 Å². The smallest absolute Gasteiger partial charge is 0.254 e. The standard InChI is InChI=1S/C28H32N4O3/c1-30-26(29)21-12-14-22(15-13-21)27(34-2)31-18-23-19-35-17-16-32(23)28(33)25-11-7-6-10-24(25)20-8-4-3-5-9-20/h3-15,23,26-27,31H,1,16-19,29H2,2H3. The molecule has 3 aromatic rings. The van der Waals surface area contributed by atoms with E-state index in [9.17, 15) is 4.79 Å². The lowest BCUT2D eigenvalue weighted by atomic mass is 9.98. The number of hydrogen-bond donors (Lipinski definition) is 2. The van der Waals surface area contributed by atoms with E-state index in [1.807, 2.05) is 83.8 Å². The van der Waals surface area contributed by atoms with Crippen LogP contribution in [0.5, 0.6) is 0 Å². The van der Waals surface area contributed by atoms with Crippen LogP contribution in [0.2, 0.25) is 0 Å². The van der Waals surface area contributed by atoms with Gasteiger partial charge in [0.1, 0.15) is 12.4 Å². The molecule has 1 saturated heterocycles. The van der Waals surface area contributed by atoms with Gasteiger partial charge in [0, 0.05) is 25.8 Å². The van der Waals surface area contributed by atoms with Crippen molar-refractivity contribution in [2.24, 2.45) is 10.7 Å². The zero-order valence-corrected chi connectivity index (χ0v) is 20.0. The largest absolute Gasteiger partial charge is 0.377 e. The molecule has 1 amide bonds. The minimum absolute atomic E-state index is 0.00351. The third-order valence-electron chi connectivity index (χ3n) is 6.28. The summed E-state index contributed by atoms with van der Waals surface area (Å²) >= 11 is 0. The molecule has 0 bridgehead atoms. The Labute approximate surface area is 206 Å². The van der Waals surface area contributed by atoms with Crippen LogP contribution in [0.4, 0.5) is 0 Å². The molecule has 0 aliphatic carbocycles. The van der Waals surface area contributed by atoms with Crippen molar-refractivity contribution < 1.29 is 14.3 Å². The molecule has 7 heteroatoms. The number of nitrogens with one attached hydrogen (secondary N) is 1. The highest BCUT2D eigenvalue weighted by Crippen LogP contribution is 2.26. The SMILES string of the molecule is C=NC(N)c1ccc(C(NCC2COCCN2C(=O)c2ccccc2-c2ccccc2)OC)cc1. The van der Waals surface area contributed by atoms with Crippen LogP contribution in [0.15, 0.2) is 83.9 Å². The van der Waals surface area contributed by atoms with Gasteiger partial charge >= 0.3 is 0 Å². The van der Waals surface area contributed by atoms with Crippen LogP contribution in [-0.4, -0.2) is 57.0 Å². The van der Waals surface area contributed by atoms with Gasteiger partial charge in [-0.1, -0.05) is 72.8 Å². The van der Waals surface area contributed by atoms with Crippen molar-refractivity contribution in [1.29, 1.82) is 0 Å². The first-order valence-electron chi connectivity index (χ1n) is 11.7. The van der Waals surface area contributed by atoms with E-state index in [0.29, 0.717) is 31.9 Å². The first-order chi connectivity index (χ1) is 17.1. The summed E-state index contributed by atoms with van der Waals surface area (Å²) in [5.41, 5.74) is 10.4. The zero-order chi connectivity index (χ0) is 24.6. The van der Waals surface area contributed by atoms with Gasteiger partial charge in [0.05, 0.1) is 19.3 Å². The van der Waals surface area contributed by atoms with E-state index in [0.717, 1.165) is 22.3 Å². The summed E-state index contributed by atoms with van der Waals surface area (Å²) in [5.74, 6) is 0.00351. The van der Waals surface area contributed by atoms with E-state index in [1.54, 1.807) is 7.11 Å². The van der Waals surface area contributed by atoms with E-state index < -0.39 is 6.17 Å². The summed E-state index contributed by atoms with van der Waals surface area (Å²) in [6.07, 6.45) is -0.789. The highest BCUT2D eigenvalue weighted by Gasteiger charge is 2.30. The van der Waals surface area contributed by atoms with Crippen LogP contribution >= 0.6 is 0 Å². The van der Waals surface area contributed by atoms with Crippen molar-refractivity contribution in [3.05, 3.63) is 95.6 Å². The summed E-state index contributed by atoms with van der Waals surface area (Å²) in [6.45, 7) is 5.53. The van der Waals surface area contributed by atoms with Crippen molar-refractivity contribution in [2.45, 2.75) is 18.4 Å². The third kappa shape index (κ3) is 5.83. The fourth-order valence-electron chi connectivity index (χ4n) is 4.34. The van der Waals surface area contributed by atoms with Crippen molar-refractivity contribution in [3.63, 3.8) is 0 Å². The Balaban J connectivity index is 1.49. The number of benzene rings is 3. The lowest BCUT2D eigenvalue weighted by Crippen LogP contribution is -2.53. The molecule has 3 aromatic carbocycles. The summed E-state index contributed by atoms with van der Waals surface area (Å²) in [7, 11) is 1.65. The van der Waals surface area contributed by atoms with E-state index in [4.69, 9.17) is 15.2 Å². The van der Waals surface area contributed by atoms with E-state index in [1.165, 1.54) is 0 Å². The Bertz CT molecular complexity index is 1120. The number of rotatable bonds is 9. The Morgan fingerprint density at radius 2 is 1.80 bits per heavy atom. The van der Waals surface area contributed by atoms with Crippen LogP contribution in [0.25, 0.3) is 11.1 Å². The van der Waals surface area contributed by atoms with Gasteiger partial charge in [-0.2, -0.15) is 0 Å². The zero-order valence-electron chi connectivity index (χ0n) is 20.0. The highest BCUT2D eigenvalue weighted by molar-refractivity contribution is 6.01.